The number of hydrogen-bond donors (Lipinski definition) is 2. The summed E-state index contributed by atoms with van der Waals surface area (Å²) < 4.78 is 5.20. The summed E-state index contributed by atoms with van der Waals surface area (Å²) in [6, 6.07) is 15.0. The largest absolute Gasteiger partial charge is 0.497 e. The van der Waals surface area contributed by atoms with Gasteiger partial charge in [-0.3, -0.25) is 9.59 Å². The van der Waals surface area contributed by atoms with Crippen molar-refractivity contribution in [2.24, 2.45) is 5.92 Å². The molecule has 0 saturated heterocycles. The molecule has 3 rings (SSSR count). The second-order valence-electron chi connectivity index (χ2n) is 6.63. The summed E-state index contributed by atoms with van der Waals surface area (Å²) in [6.45, 7) is 0. The molecule has 2 amide bonds. The van der Waals surface area contributed by atoms with Crippen molar-refractivity contribution in [3.63, 3.8) is 0 Å². The van der Waals surface area contributed by atoms with Crippen molar-refractivity contribution < 1.29 is 14.3 Å². The van der Waals surface area contributed by atoms with E-state index >= 15 is 0 Å². The molecule has 140 valence electrons. The van der Waals surface area contributed by atoms with E-state index in [-0.39, 0.29) is 17.9 Å². The van der Waals surface area contributed by atoms with Gasteiger partial charge < -0.3 is 15.4 Å². The molecule has 0 aromatic heterocycles. The first-order valence-corrected chi connectivity index (χ1v) is 9.05. The SMILES string of the molecule is CNC(=O)c1ccc(C=CC(=O)NC(c2ccc(OC)cc2)C2CC2)cc1. The number of benzene rings is 2. The van der Waals surface area contributed by atoms with Crippen LogP contribution >= 0.6 is 0 Å². The Hall–Kier alpha value is -3.08. The van der Waals surface area contributed by atoms with Crippen LogP contribution in [0, 0.1) is 5.92 Å². The monoisotopic (exact) mass is 364 g/mol. The quantitative estimate of drug-likeness (QED) is 0.741. The highest BCUT2D eigenvalue weighted by molar-refractivity contribution is 5.95. The molecule has 5 nitrogen and oxygen atoms in total. The smallest absolute Gasteiger partial charge is 0.251 e. The van der Waals surface area contributed by atoms with Crippen molar-refractivity contribution >= 4 is 17.9 Å². The van der Waals surface area contributed by atoms with E-state index in [0.29, 0.717) is 11.5 Å². The minimum Gasteiger partial charge on any atom is -0.497 e. The molecule has 1 aliphatic carbocycles. The van der Waals surface area contributed by atoms with Crippen molar-refractivity contribution in [3.8, 4) is 5.75 Å². The molecule has 1 unspecified atom stereocenters. The summed E-state index contributed by atoms with van der Waals surface area (Å²) in [5.74, 6) is 1.04. The van der Waals surface area contributed by atoms with Crippen molar-refractivity contribution in [3.05, 3.63) is 71.3 Å². The number of nitrogens with one attached hydrogen (secondary N) is 2. The zero-order valence-corrected chi connectivity index (χ0v) is 15.6. The Morgan fingerprint density at radius 2 is 1.74 bits per heavy atom. The Kier molecular flexibility index (Phi) is 5.91. The van der Waals surface area contributed by atoms with Gasteiger partial charge >= 0.3 is 0 Å². The van der Waals surface area contributed by atoms with E-state index in [1.165, 1.54) is 6.08 Å². The summed E-state index contributed by atoms with van der Waals surface area (Å²) in [4.78, 5) is 23.9. The fourth-order valence-corrected chi connectivity index (χ4v) is 2.98. The third-order valence-electron chi connectivity index (χ3n) is 4.69. The Balaban J connectivity index is 1.64. The first-order chi connectivity index (χ1) is 13.1. The van der Waals surface area contributed by atoms with Crippen molar-refractivity contribution in [1.82, 2.24) is 10.6 Å². The van der Waals surface area contributed by atoms with Crippen LogP contribution in [0.4, 0.5) is 0 Å². The van der Waals surface area contributed by atoms with E-state index in [1.54, 1.807) is 32.4 Å². The molecule has 2 aromatic carbocycles. The Labute approximate surface area is 159 Å². The fraction of sp³-hybridized carbons (Fsp3) is 0.273. The number of carbonyl (C=O) groups is 2. The summed E-state index contributed by atoms with van der Waals surface area (Å²) in [6.07, 6.45) is 5.54. The van der Waals surface area contributed by atoms with Gasteiger partial charge in [0, 0.05) is 18.7 Å². The van der Waals surface area contributed by atoms with Crippen LogP contribution < -0.4 is 15.4 Å². The van der Waals surface area contributed by atoms with Crippen molar-refractivity contribution in [2.45, 2.75) is 18.9 Å². The molecule has 0 spiro atoms. The highest BCUT2D eigenvalue weighted by Crippen LogP contribution is 2.41. The second-order valence-corrected chi connectivity index (χ2v) is 6.63. The van der Waals surface area contributed by atoms with E-state index in [4.69, 9.17) is 4.74 Å². The van der Waals surface area contributed by atoms with Crippen LogP contribution in [0.1, 0.15) is 40.4 Å². The zero-order chi connectivity index (χ0) is 19.2. The number of methoxy groups -OCH3 is 1. The number of amides is 2. The first kappa shape index (κ1) is 18.7. The molecule has 5 heteroatoms. The number of ether oxygens (including phenoxy) is 1. The lowest BCUT2D eigenvalue weighted by atomic mass is 10.0. The Morgan fingerprint density at radius 3 is 2.30 bits per heavy atom. The second kappa shape index (κ2) is 8.54. The zero-order valence-electron chi connectivity index (χ0n) is 15.6. The van der Waals surface area contributed by atoms with E-state index in [0.717, 1.165) is 29.7 Å². The Bertz CT molecular complexity index is 822. The van der Waals surface area contributed by atoms with Gasteiger partial charge in [-0.1, -0.05) is 24.3 Å². The fourth-order valence-electron chi connectivity index (χ4n) is 2.98. The van der Waals surface area contributed by atoms with Crippen molar-refractivity contribution in [2.75, 3.05) is 14.2 Å². The predicted molar refractivity (Wildman–Crippen MR) is 105 cm³/mol. The van der Waals surface area contributed by atoms with Gasteiger partial charge in [0.25, 0.3) is 5.91 Å². The lowest BCUT2D eigenvalue weighted by Gasteiger charge is -2.18. The van der Waals surface area contributed by atoms with Gasteiger partial charge in [-0.15, -0.1) is 0 Å². The maximum atomic E-state index is 12.4. The molecule has 1 aliphatic rings. The van der Waals surface area contributed by atoms with Gasteiger partial charge in [-0.2, -0.15) is 0 Å². The van der Waals surface area contributed by atoms with E-state index in [1.807, 2.05) is 36.4 Å². The highest BCUT2D eigenvalue weighted by Gasteiger charge is 2.33. The van der Waals surface area contributed by atoms with Crippen LogP contribution in [0.5, 0.6) is 5.75 Å². The minimum absolute atomic E-state index is 0.0173. The van der Waals surface area contributed by atoms with Crippen LogP contribution in [0.25, 0.3) is 6.08 Å². The molecule has 0 radical (unpaired) electrons. The first-order valence-electron chi connectivity index (χ1n) is 9.05. The molecule has 0 bridgehead atoms. The number of carbonyl (C=O) groups excluding carboxylic acids is 2. The maximum absolute atomic E-state index is 12.4. The maximum Gasteiger partial charge on any atom is 0.251 e. The molecular formula is C22H24N2O3. The molecule has 1 fully saturated rings. The third kappa shape index (κ3) is 4.97. The topological polar surface area (TPSA) is 67.4 Å². The van der Waals surface area contributed by atoms with Crippen LogP contribution in [0.3, 0.4) is 0 Å². The molecule has 2 N–H and O–H groups in total. The lowest BCUT2D eigenvalue weighted by Crippen LogP contribution is -2.28. The van der Waals surface area contributed by atoms with Gasteiger partial charge in [0.2, 0.25) is 5.91 Å². The average Bonchev–Trinajstić information content (AvgIpc) is 3.55. The number of hydrogen-bond acceptors (Lipinski definition) is 3. The predicted octanol–water partition coefficient (Wildman–Crippen LogP) is 3.34. The highest BCUT2D eigenvalue weighted by atomic mass is 16.5. The van der Waals surface area contributed by atoms with Gasteiger partial charge in [0.05, 0.1) is 13.2 Å². The minimum atomic E-state index is -0.130. The van der Waals surface area contributed by atoms with E-state index in [2.05, 4.69) is 10.6 Å². The summed E-state index contributed by atoms with van der Waals surface area (Å²) in [5, 5.41) is 5.69. The van der Waals surface area contributed by atoms with Crippen LogP contribution in [-0.2, 0) is 4.79 Å². The summed E-state index contributed by atoms with van der Waals surface area (Å²) in [5.41, 5.74) is 2.55. The van der Waals surface area contributed by atoms with Crippen LogP contribution in [-0.4, -0.2) is 26.0 Å². The van der Waals surface area contributed by atoms with Crippen molar-refractivity contribution in [1.29, 1.82) is 0 Å². The lowest BCUT2D eigenvalue weighted by molar-refractivity contribution is -0.117. The van der Waals surface area contributed by atoms with Crippen LogP contribution in [0.2, 0.25) is 0 Å². The van der Waals surface area contributed by atoms with Gasteiger partial charge in [-0.25, -0.2) is 0 Å². The molecule has 1 saturated carbocycles. The average molecular weight is 364 g/mol. The molecule has 2 aromatic rings. The van der Waals surface area contributed by atoms with Gasteiger partial charge in [0.15, 0.2) is 0 Å². The molecule has 1 atom stereocenters. The Morgan fingerprint density at radius 1 is 1.07 bits per heavy atom. The summed E-state index contributed by atoms with van der Waals surface area (Å²) in [7, 11) is 3.24. The third-order valence-corrected chi connectivity index (χ3v) is 4.69. The molecular weight excluding hydrogens is 340 g/mol. The van der Waals surface area contributed by atoms with E-state index < -0.39 is 0 Å². The number of rotatable bonds is 7. The van der Waals surface area contributed by atoms with Crippen LogP contribution in [0.15, 0.2) is 54.6 Å². The van der Waals surface area contributed by atoms with Gasteiger partial charge in [-0.05, 0) is 60.2 Å². The van der Waals surface area contributed by atoms with E-state index in [9.17, 15) is 9.59 Å². The molecule has 27 heavy (non-hydrogen) atoms. The normalized spacial score (nSPS) is 14.6. The molecule has 0 aliphatic heterocycles. The standard InChI is InChI=1S/C22H24N2O3/c1-23-22(26)18-6-3-15(4-7-18)5-14-20(25)24-21(16-8-9-16)17-10-12-19(27-2)13-11-17/h3-7,10-14,16,21H,8-9H2,1-2H3,(H,23,26)(H,24,25). The summed E-state index contributed by atoms with van der Waals surface area (Å²) >= 11 is 0. The van der Waals surface area contributed by atoms with Gasteiger partial charge in [0.1, 0.15) is 5.75 Å². The molecule has 0 heterocycles.